The highest BCUT2D eigenvalue weighted by molar-refractivity contribution is 5.70. The number of hydrogen-bond donors (Lipinski definition) is 1. The molecule has 0 saturated carbocycles. The highest BCUT2D eigenvalue weighted by Crippen LogP contribution is 1.99. The van der Waals surface area contributed by atoms with Crippen molar-refractivity contribution in [3.05, 3.63) is 24.8 Å². The number of carbonyl (C=O) groups excluding carboxylic acids is 1. The molecule has 0 bridgehead atoms. The van der Waals surface area contributed by atoms with Crippen molar-refractivity contribution in [2.24, 2.45) is 0 Å². The minimum absolute atomic E-state index is 0.0132. The van der Waals surface area contributed by atoms with Crippen LogP contribution in [0.5, 0.6) is 0 Å². The molecule has 0 aromatic rings. The van der Waals surface area contributed by atoms with E-state index in [0.29, 0.717) is 6.42 Å². The molecule has 0 heterocycles. The van der Waals surface area contributed by atoms with Crippen molar-refractivity contribution < 1.29 is 9.53 Å². The van der Waals surface area contributed by atoms with Gasteiger partial charge in [0.15, 0.2) is 0 Å². The minimum Gasteiger partial charge on any atom is -0.463 e. The average molecular weight is 197 g/mol. The zero-order chi connectivity index (χ0) is 11.0. The van der Waals surface area contributed by atoms with Crippen LogP contribution in [-0.2, 0) is 9.53 Å². The fourth-order valence-electron chi connectivity index (χ4n) is 0.970. The molecule has 0 aliphatic heterocycles. The lowest BCUT2D eigenvalue weighted by molar-refractivity contribution is -0.147. The summed E-state index contributed by atoms with van der Waals surface area (Å²) in [6, 6.07) is 0.0132. The van der Waals surface area contributed by atoms with Crippen LogP contribution in [0.4, 0.5) is 0 Å². The van der Waals surface area contributed by atoms with Gasteiger partial charge in [-0.05, 0) is 20.9 Å². The molecule has 14 heavy (non-hydrogen) atoms. The highest BCUT2D eigenvalue weighted by atomic mass is 16.5. The second-order valence-corrected chi connectivity index (χ2v) is 3.26. The van der Waals surface area contributed by atoms with Gasteiger partial charge in [0.25, 0.3) is 0 Å². The molecule has 1 atom stereocenters. The molecular weight excluding hydrogens is 178 g/mol. The Hall–Kier alpha value is -1.09. The number of nitrogens with one attached hydrogen (secondary N) is 1. The monoisotopic (exact) mass is 197 g/mol. The van der Waals surface area contributed by atoms with E-state index < -0.39 is 0 Å². The fourth-order valence-corrected chi connectivity index (χ4v) is 0.970. The van der Waals surface area contributed by atoms with Gasteiger partial charge < -0.3 is 10.1 Å². The summed E-state index contributed by atoms with van der Waals surface area (Å²) >= 11 is 0. The van der Waals surface area contributed by atoms with Crippen LogP contribution < -0.4 is 5.32 Å². The second kappa shape index (κ2) is 7.33. The Bertz CT molecular complexity index is 209. The number of likely N-dealkylation sites (N-methyl/N-ethyl adjacent to an activating group) is 1. The van der Waals surface area contributed by atoms with Gasteiger partial charge in [0, 0.05) is 6.04 Å². The van der Waals surface area contributed by atoms with E-state index >= 15 is 0 Å². The Morgan fingerprint density at radius 1 is 1.57 bits per heavy atom. The van der Waals surface area contributed by atoms with Crippen molar-refractivity contribution in [2.75, 3.05) is 7.05 Å². The third-order valence-corrected chi connectivity index (χ3v) is 1.60. The molecule has 0 amide bonds. The maximum atomic E-state index is 11.3. The first-order valence-corrected chi connectivity index (χ1v) is 4.76. The van der Waals surface area contributed by atoms with Gasteiger partial charge in [0.05, 0.1) is 12.5 Å². The maximum Gasteiger partial charge on any atom is 0.307 e. The van der Waals surface area contributed by atoms with Crippen LogP contribution in [0.1, 0.15) is 20.3 Å². The van der Waals surface area contributed by atoms with E-state index in [-0.39, 0.29) is 18.1 Å². The fraction of sp³-hybridized carbons (Fsp3) is 0.545. The summed E-state index contributed by atoms with van der Waals surface area (Å²) in [5.41, 5.74) is 0. The standard InChI is InChI=1S/C11H19NO2/c1-5-6-7-10(12-4)8-11(13)14-9(2)3/h5-7,9-10,12H,1,8H2,2-4H3/b7-6-. The third-order valence-electron chi connectivity index (χ3n) is 1.60. The predicted octanol–water partition coefficient (Wildman–Crippen LogP) is 1.66. The minimum atomic E-state index is -0.187. The molecule has 80 valence electrons. The van der Waals surface area contributed by atoms with Crippen molar-refractivity contribution in [3.8, 4) is 0 Å². The van der Waals surface area contributed by atoms with Gasteiger partial charge in [-0.1, -0.05) is 24.8 Å². The first kappa shape index (κ1) is 12.9. The number of rotatable bonds is 6. The van der Waals surface area contributed by atoms with Gasteiger partial charge in [-0.3, -0.25) is 4.79 Å². The molecule has 1 unspecified atom stereocenters. The van der Waals surface area contributed by atoms with E-state index in [1.54, 1.807) is 13.1 Å². The Morgan fingerprint density at radius 2 is 2.21 bits per heavy atom. The largest absolute Gasteiger partial charge is 0.463 e. The van der Waals surface area contributed by atoms with Crippen LogP contribution in [-0.4, -0.2) is 25.2 Å². The molecule has 3 heteroatoms. The topological polar surface area (TPSA) is 38.3 Å². The molecule has 0 radical (unpaired) electrons. The quantitative estimate of drug-likeness (QED) is 0.520. The van der Waals surface area contributed by atoms with Crippen molar-refractivity contribution in [1.82, 2.24) is 5.32 Å². The summed E-state index contributed by atoms with van der Waals surface area (Å²) in [5.74, 6) is -0.187. The number of esters is 1. The van der Waals surface area contributed by atoms with Crippen LogP contribution in [0.2, 0.25) is 0 Å². The molecule has 0 aromatic carbocycles. The number of hydrogen-bond acceptors (Lipinski definition) is 3. The Labute approximate surface area is 85.8 Å². The summed E-state index contributed by atoms with van der Waals surface area (Å²) in [7, 11) is 1.81. The van der Waals surface area contributed by atoms with E-state index in [0.717, 1.165) is 0 Å². The zero-order valence-electron chi connectivity index (χ0n) is 9.12. The van der Waals surface area contributed by atoms with E-state index in [1.165, 1.54) is 0 Å². The number of carbonyl (C=O) groups is 1. The highest BCUT2D eigenvalue weighted by Gasteiger charge is 2.10. The lowest BCUT2D eigenvalue weighted by Crippen LogP contribution is -2.27. The van der Waals surface area contributed by atoms with Gasteiger partial charge in [0.1, 0.15) is 0 Å². The smallest absolute Gasteiger partial charge is 0.307 e. The van der Waals surface area contributed by atoms with Crippen molar-refractivity contribution in [3.63, 3.8) is 0 Å². The van der Waals surface area contributed by atoms with E-state index in [2.05, 4.69) is 11.9 Å². The van der Waals surface area contributed by atoms with Crippen LogP contribution in [0, 0.1) is 0 Å². The van der Waals surface area contributed by atoms with Crippen molar-refractivity contribution in [1.29, 1.82) is 0 Å². The molecular formula is C11H19NO2. The maximum absolute atomic E-state index is 11.3. The van der Waals surface area contributed by atoms with E-state index in [9.17, 15) is 4.79 Å². The summed E-state index contributed by atoms with van der Waals surface area (Å²) in [6.07, 6.45) is 5.67. The molecule has 0 aromatic heterocycles. The van der Waals surface area contributed by atoms with Crippen LogP contribution in [0.3, 0.4) is 0 Å². The zero-order valence-corrected chi connectivity index (χ0v) is 9.12. The van der Waals surface area contributed by atoms with E-state index in [4.69, 9.17) is 4.74 Å². The Morgan fingerprint density at radius 3 is 2.64 bits per heavy atom. The molecule has 0 rings (SSSR count). The van der Waals surface area contributed by atoms with Gasteiger partial charge in [-0.25, -0.2) is 0 Å². The summed E-state index contributed by atoms with van der Waals surface area (Å²) < 4.78 is 5.02. The molecule has 3 nitrogen and oxygen atoms in total. The normalized spacial score (nSPS) is 13.1. The Kier molecular flexibility index (Phi) is 6.76. The summed E-state index contributed by atoms with van der Waals surface area (Å²) in [6.45, 7) is 7.24. The third kappa shape index (κ3) is 6.43. The first-order chi connectivity index (χ1) is 6.60. The molecule has 0 saturated heterocycles. The first-order valence-electron chi connectivity index (χ1n) is 4.76. The van der Waals surface area contributed by atoms with Gasteiger partial charge >= 0.3 is 5.97 Å². The average Bonchev–Trinajstić information content (AvgIpc) is 2.10. The van der Waals surface area contributed by atoms with Crippen LogP contribution in [0.25, 0.3) is 0 Å². The van der Waals surface area contributed by atoms with Crippen LogP contribution >= 0.6 is 0 Å². The lowest BCUT2D eigenvalue weighted by atomic mass is 10.2. The van der Waals surface area contributed by atoms with Crippen molar-refractivity contribution >= 4 is 5.97 Å². The molecule has 1 N–H and O–H groups in total. The summed E-state index contributed by atoms with van der Waals surface area (Å²) in [4.78, 5) is 11.3. The second-order valence-electron chi connectivity index (χ2n) is 3.26. The molecule has 0 aliphatic rings. The molecule has 0 spiro atoms. The molecule has 0 aliphatic carbocycles. The number of ether oxygens (including phenoxy) is 1. The van der Waals surface area contributed by atoms with Crippen LogP contribution in [0.15, 0.2) is 24.8 Å². The van der Waals surface area contributed by atoms with E-state index in [1.807, 2.05) is 26.0 Å². The SMILES string of the molecule is C=C/C=C\C(CC(=O)OC(C)C)NC. The summed E-state index contributed by atoms with van der Waals surface area (Å²) in [5, 5.41) is 3.01. The van der Waals surface area contributed by atoms with Crippen molar-refractivity contribution in [2.45, 2.75) is 32.4 Å². The number of allylic oxidation sites excluding steroid dienone is 2. The Balaban J connectivity index is 3.98. The van der Waals surface area contributed by atoms with Gasteiger partial charge in [-0.2, -0.15) is 0 Å². The predicted molar refractivity (Wildman–Crippen MR) is 58.0 cm³/mol. The molecule has 0 fully saturated rings. The lowest BCUT2D eigenvalue weighted by Gasteiger charge is -2.12. The van der Waals surface area contributed by atoms with Gasteiger partial charge in [-0.15, -0.1) is 0 Å². The van der Waals surface area contributed by atoms with Gasteiger partial charge in [0.2, 0.25) is 0 Å².